The van der Waals surface area contributed by atoms with Crippen LogP contribution in [0.15, 0.2) is 59.7 Å². The highest BCUT2D eigenvalue weighted by atomic mass is 79.9. The van der Waals surface area contributed by atoms with E-state index in [9.17, 15) is 8.42 Å². The van der Waals surface area contributed by atoms with Gasteiger partial charge in [0.2, 0.25) is 16.0 Å². The molecule has 17 heteroatoms. The molecule has 0 aliphatic carbocycles. The van der Waals surface area contributed by atoms with Crippen molar-refractivity contribution >= 4 is 71.5 Å². The van der Waals surface area contributed by atoms with Gasteiger partial charge in [0.05, 0.1) is 46.6 Å². The standard InChI is InChI=1S/C34H41BrN12O3S/c1-44-13-15-46(16-14-44)23-7-11-47(12-8-23)29-18-30(50-3)28(17-24(29)22-19-39-45(2)21-22)41-34-38-20-25(35)33(42-34)40-27-6-5-26-31(37-10-9-36-26)32(27)43-51(4,48)49/h5-6,9-10,17-21,23,43H,7-8,11-16H2,1-4H3,(H2,38,40,41,42)/i2D3. The highest BCUT2D eigenvalue weighted by molar-refractivity contribution is 9.10. The normalized spacial score (nSPS) is 17.5. The summed E-state index contributed by atoms with van der Waals surface area (Å²) in [5, 5.41) is 10.7. The van der Waals surface area contributed by atoms with Gasteiger partial charge in [0.15, 0.2) is 0 Å². The lowest BCUT2D eigenvalue weighted by Gasteiger charge is -2.43. The molecule has 7 rings (SSSR count). The van der Waals surface area contributed by atoms with E-state index < -0.39 is 17.0 Å². The maximum Gasteiger partial charge on any atom is 0.229 e. The first kappa shape index (κ1) is 31.2. The van der Waals surface area contributed by atoms with Crippen molar-refractivity contribution in [2.75, 3.05) is 79.9 Å². The van der Waals surface area contributed by atoms with E-state index in [1.807, 2.05) is 12.1 Å². The number of methoxy groups -OCH3 is 1. The number of fused-ring (bicyclic) bond motifs is 1. The lowest BCUT2D eigenvalue weighted by molar-refractivity contribution is 0.0982. The Labute approximate surface area is 309 Å². The van der Waals surface area contributed by atoms with E-state index in [4.69, 9.17) is 13.8 Å². The van der Waals surface area contributed by atoms with Crippen molar-refractivity contribution in [1.29, 1.82) is 0 Å². The zero-order chi connectivity index (χ0) is 38.2. The molecular formula is C34H41BrN12O3S. The third-order valence-electron chi connectivity index (χ3n) is 9.24. The van der Waals surface area contributed by atoms with Gasteiger partial charge >= 0.3 is 0 Å². The molecule has 0 spiro atoms. The number of halogens is 1. The quantitative estimate of drug-likeness (QED) is 0.180. The van der Waals surface area contributed by atoms with Crippen LogP contribution in [-0.4, -0.2) is 114 Å². The summed E-state index contributed by atoms with van der Waals surface area (Å²) in [7, 11) is 0.0756. The summed E-state index contributed by atoms with van der Waals surface area (Å²) in [4.78, 5) is 25.1. The first-order valence-corrected chi connectivity index (χ1v) is 19.2. The number of hydrogen-bond donors (Lipinski definition) is 3. The van der Waals surface area contributed by atoms with Crippen molar-refractivity contribution in [1.82, 2.24) is 39.5 Å². The average Bonchev–Trinajstić information content (AvgIpc) is 3.65. The van der Waals surface area contributed by atoms with Crippen LogP contribution in [0.1, 0.15) is 17.0 Å². The van der Waals surface area contributed by atoms with Crippen LogP contribution >= 0.6 is 15.9 Å². The van der Waals surface area contributed by atoms with Crippen molar-refractivity contribution in [2.45, 2.75) is 18.9 Å². The number of piperidine rings is 1. The van der Waals surface area contributed by atoms with Crippen LogP contribution in [-0.2, 0) is 17.0 Å². The largest absolute Gasteiger partial charge is 0.494 e. The number of nitrogens with zero attached hydrogens (tertiary/aromatic N) is 9. The summed E-state index contributed by atoms with van der Waals surface area (Å²) in [5.74, 6) is 1.08. The number of rotatable bonds is 10. The Morgan fingerprint density at radius 2 is 1.76 bits per heavy atom. The van der Waals surface area contributed by atoms with Crippen LogP contribution < -0.4 is 25.0 Å². The molecule has 5 aromatic rings. The van der Waals surface area contributed by atoms with Crippen molar-refractivity contribution in [3.8, 4) is 16.9 Å². The molecule has 2 aromatic carbocycles. The monoisotopic (exact) mass is 779 g/mol. The second-order valence-electron chi connectivity index (χ2n) is 12.7. The molecule has 15 nitrogen and oxygen atoms in total. The van der Waals surface area contributed by atoms with E-state index >= 15 is 0 Å². The molecule has 2 aliphatic heterocycles. The summed E-state index contributed by atoms with van der Waals surface area (Å²) >= 11 is 3.51. The van der Waals surface area contributed by atoms with Gasteiger partial charge in [-0.25, -0.2) is 13.4 Å². The number of aromatic nitrogens is 6. The molecule has 3 N–H and O–H groups in total. The third kappa shape index (κ3) is 7.85. The van der Waals surface area contributed by atoms with E-state index in [1.165, 1.54) is 18.6 Å². The second-order valence-corrected chi connectivity index (χ2v) is 15.3. The van der Waals surface area contributed by atoms with Crippen molar-refractivity contribution < 1.29 is 17.3 Å². The highest BCUT2D eigenvalue weighted by Gasteiger charge is 2.29. The van der Waals surface area contributed by atoms with Crippen LogP contribution in [0.3, 0.4) is 0 Å². The molecule has 0 unspecified atom stereocenters. The summed E-state index contributed by atoms with van der Waals surface area (Å²) in [6.07, 6.45) is 10.8. The first-order chi connectivity index (χ1) is 25.8. The maximum absolute atomic E-state index is 12.3. The van der Waals surface area contributed by atoms with Crippen molar-refractivity contribution in [3.63, 3.8) is 0 Å². The van der Waals surface area contributed by atoms with Gasteiger partial charge in [-0.05, 0) is 54.0 Å². The number of nitrogens with one attached hydrogen (secondary N) is 3. The zero-order valence-corrected chi connectivity index (χ0v) is 30.9. The third-order valence-corrected chi connectivity index (χ3v) is 10.4. The number of sulfonamides is 1. The van der Waals surface area contributed by atoms with E-state index in [0.717, 1.165) is 74.3 Å². The minimum Gasteiger partial charge on any atom is -0.494 e. The van der Waals surface area contributed by atoms with E-state index in [-0.39, 0.29) is 11.6 Å². The Balaban J connectivity index is 1.21. The minimum atomic E-state index is -3.68. The Morgan fingerprint density at radius 3 is 2.49 bits per heavy atom. The molecule has 0 radical (unpaired) electrons. The van der Waals surface area contributed by atoms with Gasteiger partial charge in [0, 0.05) is 104 Å². The second kappa shape index (κ2) is 14.6. The Hall–Kier alpha value is -4.58. The number of likely N-dealkylation sites (N-methyl/N-ethyl adjacent to an activating group) is 1. The molecular weight excluding hydrogens is 736 g/mol. The molecule has 0 saturated carbocycles. The summed E-state index contributed by atoms with van der Waals surface area (Å²) < 4.78 is 58.4. The predicted octanol–water partition coefficient (Wildman–Crippen LogP) is 4.67. The van der Waals surface area contributed by atoms with Gasteiger partial charge in [-0.1, -0.05) is 0 Å². The molecule has 268 valence electrons. The average molecular weight is 781 g/mol. The predicted molar refractivity (Wildman–Crippen MR) is 204 cm³/mol. The van der Waals surface area contributed by atoms with Crippen LogP contribution in [0.25, 0.3) is 22.2 Å². The van der Waals surface area contributed by atoms with Gasteiger partial charge < -0.3 is 25.2 Å². The molecule has 5 heterocycles. The Bertz CT molecular complexity index is 2260. The fourth-order valence-electron chi connectivity index (χ4n) is 6.64. The van der Waals surface area contributed by atoms with E-state index in [1.54, 1.807) is 31.6 Å². The van der Waals surface area contributed by atoms with Gasteiger partial charge in [-0.3, -0.25) is 24.3 Å². The van der Waals surface area contributed by atoms with Crippen LogP contribution in [0.5, 0.6) is 5.75 Å². The van der Waals surface area contributed by atoms with Gasteiger partial charge in [-0.15, -0.1) is 0 Å². The SMILES string of the molecule is [2H]C([2H])([2H])n1cc(-c2cc(Nc3ncc(Br)c(Nc4ccc5nccnc5c4NS(C)(=O)=O)n3)c(OC)cc2N2CCC(N3CCN(C)CC3)CC2)cn1. The topological polar surface area (TPSA) is 159 Å². The van der Waals surface area contributed by atoms with Crippen LogP contribution in [0.4, 0.5) is 34.5 Å². The molecule has 0 bridgehead atoms. The smallest absolute Gasteiger partial charge is 0.229 e. The van der Waals surface area contributed by atoms with Crippen molar-refractivity contribution in [2.24, 2.45) is 6.98 Å². The van der Waals surface area contributed by atoms with Crippen molar-refractivity contribution in [3.05, 3.63) is 59.7 Å². The fourth-order valence-corrected chi connectivity index (χ4v) is 7.51. The molecule has 2 aliphatic rings. The lowest BCUT2D eigenvalue weighted by Crippen LogP contribution is -2.52. The van der Waals surface area contributed by atoms with Crippen LogP contribution in [0, 0.1) is 0 Å². The fraction of sp³-hybridized carbons (Fsp3) is 0.382. The number of benzene rings is 2. The molecule has 2 saturated heterocycles. The molecule has 2 fully saturated rings. The summed E-state index contributed by atoms with van der Waals surface area (Å²) in [6.45, 7) is 3.51. The van der Waals surface area contributed by atoms with E-state index in [0.29, 0.717) is 50.1 Å². The summed E-state index contributed by atoms with van der Waals surface area (Å²) in [5.41, 5.74) is 4.34. The molecule has 0 amide bonds. The number of anilines is 6. The Kier molecular flexibility index (Phi) is 8.91. The Morgan fingerprint density at radius 1 is 0.980 bits per heavy atom. The van der Waals surface area contributed by atoms with Gasteiger partial charge in [-0.2, -0.15) is 10.1 Å². The highest BCUT2D eigenvalue weighted by Crippen LogP contribution is 2.42. The summed E-state index contributed by atoms with van der Waals surface area (Å²) in [6, 6.07) is 7.78. The number of hydrogen-bond acceptors (Lipinski definition) is 13. The number of piperazine rings is 1. The maximum atomic E-state index is 12.3. The van der Waals surface area contributed by atoms with Gasteiger partial charge in [0.1, 0.15) is 17.1 Å². The van der Waals surface area contributed by atoms with E-state index in [2.05, 4.69) is 73.1 Å². The minimum absolute atomic E-state index is 0.210. The number of aryl methyl sites for hydroxylation is 1. The molecule has 51 heavy (non-hydrogen) atoms. The lowest BCUT2D eigenvalue weighted by atomic mass is 9.98. The number of ether oxygens (including phenoxy) is 1. The first-order valence-electron chi connectivity index (χ1n) is 18.0. The van der Waals surface area contributed by atoms with Crippen LogP contribution in [0.2, 0.25) is 0 Å². The molecule has 3 aromatic heterocycles. The molecule has 0 atom stereocenters. The van der Waals surface area contributed by atoms with Gasteiger partial charge in [0.25, 0.3) is 0 Å². The zero-order valence-electron chi connectivity index (χ0n) is 31.5.